The number of benzene rings is 1. The summed E-state index contributed by atoms with van der Waals surface area (Å²) in [6.45, 7) is 12.9. The Balaban J connectivity index is 1.41. The van der Waals surface area contributed by atoms with Crippen LogP contribution in [0.4, 0.5) is 0 Å². The van der Waals surface area contributed by atoms with Crippen molar-refractivity contribution in [3.05, 3.63) is 53.6 Å². The van der Waals surface area contributed by atoms with Gasteiger partial charge in [0, 0.05) is 0 Å². The number of ether oxygens (including phenoxy) is 1. The van der Waals surface area contributed by atoms with E-state index in [0.717, 1.165) is 25.2 Å². The highest BCUT2D eigenvalue weighted by atomic mass is 16.5. The Kier molecular flexibility index (Phi) is 5.40. The quantitative estimate of drug-likeness (QED) is 0.543. The van der Waals surface area contributed by atoms with Crippen LogP contribution in [0.25, 0.3) is 0 Å². The third-order valence-corrected chi connectivity index (χ3v) is 10.4. The molecule has 0 aliphatic heterocycles. The standard InChI is InChI=1S/C30H42O2/c1-20(19-32-21-9-7-6-8-10-21)23-12-13-24-22-11-14-26-28(2,3)27(31)16-18-30(26,5)25(22)15-17-29(23,24)4/h6-11,14,20,23,25-27,31H,12-13,15-19H2,1-5H3/t20-,23-,25+,26+,27+,29-,30-/m1/s1. The summed E-state index contributed by atoms with van der Waals surface area (Å²) in [5, 5.41) is 10.7. The van der Waals surface area contributed by atoms with Gasteiger partial charge in [-0.2, -0.15) is 0 Å². The first-order chi connectivity index (χ1) is 15.2. The number of para-hydroxylation sites is 1. The van der Waals surface area contributed by atoms with Gasteiger partial charge < -0.3 is 9.84 Å². The molecule has 0 radical (unpaired) electrons. The van der Waals surface area contributed by atoms with Crippen LogP contribution in [0.1, 0.15) is 73.1 Å². The summed E-state index contributed by atoms with van der Waals surface area (Å²) in [4.78, 5) is 0. The molecule has 2 saturated carbocycles. The molecule has 4 aliphatic rings. The highest BCUT2D eigenvalue weighted by Gasteiger charge is 2.58. The van der Waals surface area contributed by atoms with Crippen molar-refractivity contribution in [2.75, 3.05) is 6.61 Å². The maximum absolute atomic E-state index is 10.7. The zero-order chi connectivity index (χ0) is 22.7. The molecule has 0 heterocycles. The SMILES string of the molecule is C[C@H](COc1ccccc1)[C@H]1CCC2=C3C=C[C@H]4C(C)(C)[C@@H](O)CC[C@]4(C)[C@H]3CC[C@@]21C. The predicted octanol–water partition coefficient (Wildman–Crippen LogP) is 7.20. The van der Waals surface area contributed by atoms with Crippen LogP contribution in [-0.2, 0) is 0 Å². The van der Waals surface area contributed by atoms with E-state index in [9.17, 15) is 5.11 Å². The first kappa shape index (κ1) is 22.3. The van der Waals surface area contributed by atoms with Crippen LogP contribution in [0.3, 0.4) is 0 Å². The minimum atomic E-state index is -0.186. The number of aliphatic hydroxyl groups is 1. The van der Waals surface area contributed by atoms with Crippen LogP contribution in [0.15, 0.2) is 53.6 Å². The number of hydrogen-bond donors (Lipinski definition) is 1. The zero-order valence-electron chi connectivity index (χ0n) is 20.7. The number of allylic oxidation sites excluding steroid dienone is 4. The third kappa shape index (κ3) is 3.23. The van der Waals surface area contributed by atoms with Crippen LogP contribution in [-0.4, -0.2) is 17.8 Å². The second kappa shape index (κ2) is 7.76. The lowest BCUT2D eigenvalue weighted by atomic mass is 9.46. The van der Waals surface area contributed by atoms with Crippen molar-refractivity contribution in [3.63, 3.8) is 0 Å². The second-order valence-corrected chi connectivity index (χ2v) is 12.4. The minimum absolute atomic E-state index is 0.0397. The number of rotatable bonds is 4. The molecule has 2 nitrogen and oxygen atoms in total. The van der Waals surface area contributed by atoms with Gasteiger partial charge in [-0.3, -0.25) is 0 Å². The number of hydrogen-bond acceptors (Lipinski definition) is 2. The molecule has 4 aliphatic carbocycles. The summed E-state index contributed by atoms with van der Waals surface area (Å²) in [7, 11) is 0. The Morgan fingerprint density at radius 2 is 1.78 bits per heavy atom. The van der Waals surface area contributed by atoms with Crippen molar-refractivity contribution in [3.8, 4) is 5.75 Å². The first-order valence-electron chi connectivity index (χ1n) is 13.0. The average Bonchev–Trinajstić information content (AvgIpc) is 3.13. The topological polar surface area (TPSA) is 29.5 Å². The lowest BCUT2D eigenvalue weighted by molar-refractivity contribution is -0.0977. The fourth-order valence-corrected chi connectivity index (χ4v) is 8.51. The normalized spacial score (nSPS) is 40.9. The molecule has 0 spiro atoms. The molecule has 0 bridgehead atoms. The van der Waals surface area contributed by atoms with Gasteiger partial charge in [-0.1, -0.05) is 70.5 Å². The summed E-state index contributed by atoms with van der Waals surface area (Å²) in [5.41, 5.74) is 3.97. The summed E-state index contributed by atoms with van der Waals surface area (Å²) >= 11 is 0. The monoisotopic (exact) mass is 434 g/mol. The van der Waals surface area contributed by atoms with E-state index in [1.807, 2.05) is 6.07 Å². The van der Waals surface area contributed by atoms with Gasteiger partial charge in [0.15, 0.2) is 0 Å². The maximum Gasteiger partial charge on any atom is 0.119 e. The molecule has 0 aromatic heterocycles. The van der Waals surface area contributed by atoms with Crippen molar-refractivity contribution in [1.29, 1.82) is 0 Å². The van der Waals surface area contributed by atoms with Gasteiger partial charge in [-0.25, -0.2) is 0 Å². The first-order valence-corrected chi connectivity index (χ1v) is 13.0. The molecule has 7 atom stereocenters. The molecule has 5 rings (SSSR count). The van der Waals surface area contributed by atoms with Gasteiger partial charge in [0.25, 0.3) is 0 Å². The molecule has 32 heavy (non-hydrogen) atoms. The van der Waals surface area contributed by atoms with Crippen molar-refractivity contribution in [2.24, 2.45) is 39.9 Å². The minimum Gasteiger partial charge on any atom is -0.493 e. The molecule has 1 N–H and O–H groups in total. The smallest absolute Gasteiger partial charge is 0.119 e. The summed E-state index contributed by atoms with van der Waals surface area (Å²) in [6.07, 6.45) is 12.0. The molecule has 174 valence electrons. The Morgan fingerprint density at radius 3 is 2.53 bits per heavy atom. The number of fused-ring (bicyclic) bond motifs is 4. The Hall–Kier alpha value is -1.54. The van der Waals surface area contributed by atoms with Crippen LogP contribution < -0.4 is 4.74 Å². The molecule has 0 amide bonds. The largest absolute Gasteiger partial charge is 0.493 e. The highest BCUT2D eigenvalue weighted by molar-refractivity contribution is 5.42. The van der Waals surface area contributed by atoms with E-state index in [1.165, 1.54) is 25.7 Å². The van der Waals surface area contributed by atoms with Crippen LogP contribution in [0.2, 0.25) is 0 Å². The van der Waals surface area contributed by atoms with E-state index in [-0.39, 0.29) is 16.9 Å². The number of aliphatic hydroxyl groups excluding tert-OH is 1. The Morgan fingerprint density at radius 1 is 1.03 bits per heavy atom. The van der Waals surface area contributed by atoms with Gasteiger partial charge in [-0.15, -0.1) is 0 Å². The third-order valence-electron chi connectivity index (χ3n) is 10.4. The van der Waals surface area contributed by atoms with E-state index in [0.29, 0.717) is 29.1 Å². The van der Waals surface area contributed by atoms with E-state index >= 15 is 0 Å². The van der Waals surface area contributed by atoms with Crippen molar-refractivity contribution >= 4 is 0 Å². The van der Waals surface area contributed by atoms with Gasteiger partial charge in [0.2, 0.25) is 0 Å². The summed E-state index contributed by atoms with van der Waals surface area (Å²) in [5.74, 6) is 3.35. The molecule has 1 aromatic rings. The van der Waals surface area contributed by atoms with E-state index in [1.54, 1.807) is 11.1 Å². The van der Waals surface area contributed by atoms with E-state index < -0.39 is 0 Å². The average molecular weight is 435 g/mol. The fourth-order valence-electron chi connectivity index (χ4n) is 8.51. The molecule has 1 aromatic carbocycles. The second-order valence-electron chi connectivity index (χ2n) is 12.4. The Bertz CT molecular complexity index is 912. The van der Waals surface area contributed by atoms with Crippen LogP contribution >= 0.6 is 0 Å². The van der Waals surface area contributed by atoms with Crippen molar-refractivity contribution in [2.45, 2.75) is 79.2 Å². The van der Waals surface area contributed by atoms with Gasteiger partial charge in [0.1, 0.15) is 5.75 Å². The Labute approximate surface area is 195 Å². The van der Waals surface area contributed by atoms with Crippen LogP contribution in [0, 0.1) is 39.9 Å². The summed E-state index contributed by atoms with van der Waals surface area (Å²) < 4.78 is 6.18. The lowest BCUT2D eigenvalue weighted by Crippen LogP contribution is -2.54. The van der Waals surface area contributed by atoms with Gasteiger partial charge in [0.05, 0.1) is 12.7 Å². The molecule has 0 saturated heterocycles. The van der Waals surface area contributed by atoms with Crippen molar-refractivity contribution < 1.29 is 9.84 Å². The molecular weight excluding hydrogens is 392 g/mol. The lowest BCUT2D eigenvalue weighted by Gasteiger charge is -2.59. The summed E-state index contributed by atoms with van der Waals surface area (Å²) in [6, 6.07) is 10.3. The van der Waals surface area contributed by atoms with Gasteiger partial charge in [-0.05, 0) is 96.1 Å². The fraction of sp³-hybridized carbons (Fsp3) is 0.667. The van der Waals surface area contributed by atoms with E-state index in [2.05, 4.69) is 71.0 Å². The highest BCUT2D eigenvalue weighted by Crippen LogP contribution is 2.66. The van der Waals surface area contributed by atoms with Crippen molar-refractivity contribution in [1.82, 2.24) is 0 Å². The van der Waals surface area contributed by atoms with E-state index in [4.69, 9.17) is 4.74 Å². The molecule has 0 unspecified atom stereocenters. The molecular formula is C30H42O2. The maximum atomic E-state index is 10.7. The zero-order valence-corrected chi connectivity index (χ0v) is 20.7. The van der Waals surface area contributed by atoms with Crippen LogP contribution in [0.5, 0.6) is 5.75 Å². The molecule has 2 heteroatoms. The van der Waals surface area contributed by atoms with Gasteiger partial charge >= 0.3 is 0 Å². The predicted molar refractivity (Wildman–Crippen MR) is 131 cm³/mol. The molecule has 2 fully saturated rings.